The molecule has 4 nitrogen and oxygen atoms in total. The second-order valence-corrected chi connectivity index (χ2v) is 9.51. The summed E-state index contributed by atoms with van der Waals surface area (Å²) in [6.45, 7) is 4.60. The maximum atomic E-state index is 10.5. The molecule has 0 unspecified atom stereocenters. The van der Waals surface area contributed by atoms with Gasteiger partial charge in [0.25, 0.3) is 0 Å². The first kappa shape index (κ1) is 15.2. The number of aliphatic hydroxyl groups excluding tert-OH is 2. The Bertz CT molecular complexity index is 681. The van der Waals surface area contributed by atoms with Crippen LogP contribution in [0.15, 0.2) is 11.3 Å². The summed E-state index contributed by atoms with van der Waals surface area (Å²) in [6.07, 6.45) is 6.65. The molecule has 0 amide bonds. The van der Waals surface area contributed by atoms with E-state index >= 15 is 0 Å². The van der Waals surface area contributed by atoms with Gasteiger partial charge in [0, 0.05) is 5.41 Å². The van der Waals surface area contributed by atoms with E-state index in [-0.39, 0.29) is 34.4 Å². The van der Waals surface area contributed by atoms with Gasteiger partial charge in [-0.15, -0.1) is 0 Å². The van der Waals surface area contributed by atoms with Crippen molar-refractivity contribution < 1.29 is 14.9 Å². The lowest BCUT2D eigenvalue weighted by Crippen LogP contribution is -2.57. The quantitative estimate of drug-likeness (QED) is 0.667. The Hall–Kier alpha value is -1.05. The van der Waals surface area contributed by atoms with Crippen LogP contribution in [0.5, 0.6) is 0 Å². The van der Waals surface area contributed by atoms with Crippen LogP contribution in [0.25, 0.3) is 0 Å². The second kappa shape index (κ2) is 4.37. The normalized spacial score (nSPS) is 58.2. The van der Waals surface area contributed by atoms with Crippen molar-refractivity contribution in [3.8, 4) is 6.07 Å². The largest absolute Gasteiger partial charge is 0.508 e. The van der Waals surface area contributed by atoms with Gasteiger partial charge in [0.05, 0.1) is 17.7 Å². The fourth-order valence-corrected chi connectivity index (χ4v) is 7.50. The molecular weight excluding hydrogens is 302 g/mol. The zero-order chi connectivity index (χ0) is 16.9. The third kappa shape index (κ3) is 1.48. The Balaban J connectivity index is 1.55. The minimum atomic E-state index is -0.241. The molecule has 4 heteroatoms. The molecule has 0 aromatic rings. The molecule has 0 radical (unpaired) electrons. The molecule has 4 fully saturated rings. The summed E-state index contributed by atoms with van der Waals surface area (Å²) in [5.74, 6) is 1.96. The highest BCUT2D eigenvalue weighted by atomic mass is 16.6. The number of allylic oxidation sites excluding steroid dienone is 1. The van der Waals surface area contributed by atoms with Crippen LogP contribution in [0.1, 0.15) is 58.8 Å². The first-order valence-electron chi connectivity index (χ1n) is 9.55. The summed E-state index contributed by atoms with van der Waals surface area (Å²) in [7, 11) is 0. The zero-order valence-corrected chi connectivity index (χ0v) is 14.6. The molecule has 130 valence electrons. The Morgan fingerprint density at radius 3 is 2.67 bits per heavy atom. The average molecular weight is 329 g/mol. The average Bonchev–Trinajstić information content (AvgIpc) is 3.23. The first-order chi connectivity index (χ1) is 11.4. The minimum absolute atomic E-state index is 0.0489. The molecule has 5 aliphatic rings. The SMILES string of the molecule is C[C@]12CC[C@H]3[C@@H](CC[C@]45O[C@H]4C(O)=C(C#N)C[C@]35C)[C@@H]1CC[C@H]2O. The van der Waals surface area contributed by atoms with Gasteiger partial charge in [-0.3, -0.25) is 0 Å². The lowest BCUT2D eigenvalue weighted by Gasteiger charge is -2.58. The van der Waals surface area contributed by atoms with Crippen LogP contribution in [0, 0.1) is 39.9 Å². The predicted octanol–water partition coefficient (Wildman–Crippen LogP) is 3.47. The van der Waals surface area contributed by atoms with Crippen molar-refractivity contribution in [1.82, 2.24) is 0 Å². The van der Waals surface area contributed by atoms with Crippen molar-refractivity contribution in [3.63, 3.8) is 0 Å². The third-order valence-electron chi connectivity index (χ3n) is 8.95. The number of aliphatic hydroxyl groups is 2. The van der Waals surface area contributed by atoms with Crippen LogP contribution in [-0.2, 0) is 4.74 Å². The predicted molar refractivity (Wildman–Crippen MR) is 87.9 cm³/mol. The maximum absolute atomic E-state index is 10.5. The first-order valence-corrected chi connectivity index (χ1v) is 9.55. The van der Waals surface area contributed by atoms with Gasteiger partial charge in [0.2, 0.25) is 0 Å². The van der Waals surface area contributed by atoms with Gasteiger partial charge in [-0.2, -0.15) is 5.26 Å². The number of fused-ring (bicyclic) bond motifs is 4. The summed E-state index contributed by atoms with van der Waals surface area (Å²) in [4.78, 5) is 0. The lowest BCUT2D eigenvalue weighted by atomic mass is 9.45. The number of nitriles is 1. The number of rotatable bonds is 0. The Morgan fingerprint density at radius 2 is 1.92 bits per heavy atom. The zero-order valence-electron chi connectivity index (χ0n) is 14.6. The van der Waals surface area contributed by atoms with Crippen molar-refractivity contribution in [1.29, 1.82) is 5.26 Å². The monoisotopic (exact) mass is 329 g/mol. The van der Waals surface area contributed by atoms with Crippen molar-refractivity contribution in [2.75, 3.05) is 0 Å². The third-order valence-corrected chi connectivity index (χ3v) is 8.95. The van der Waals surface area contributed by atoms with Gasteiger partial charge in [-0.05, 0) is 68.1 Å². The molecular formula is C20H27NO3. The summed E-state index contributed by atoms with van der Waals surface area (Å²) in [5.41, 5.74) is 0.336. The van der Waals surface area contributed by atoms with Gasteiger partial charge in [-0.1, -0.05) is 13.8 Å². The van der Waals surface area contributed by atoms with Crippen LogP contribution >= 0.6 is 0 Å². The van der Waals surface area contributed by atoms with E-state index in [9.17, 15) is 15.5 Å². The van der Waals surface area contributed by atoms with Gasteiger partial charge in [0.1, 0.15) is 17.5 Å². The van der Waals surface area contributed by atoms with Gasteiger partial charge in [0.15, 0.2) is 0 Å². The Labute approximate surface area is 143 Å². The molecule has 3 saturated carbocycles. The highest BCUT2D eigenvalue weighted by Crippen LogP contribution is 2.73. The van der Waals surface area contributed by atoms with Gasteiger partial charge < -0.3 is 14.9 Å². The van der Waals surface area contributed by atoms with E-state index in [1.165, 1.54) is 0 Å². The highest BCUT2D eigenvalue weighted by Gasteiger charge is 2.76. The molecule has 0 aromatic heterocycles. The molecule has 0 bridgehead atoms. The van der Waals surface area contributed by atoms with Crippen LogP contribution in [-0.4, -0.2) is 28.0 Å². The van der Waals surface area contributed by atoms with Crippen molar-refractivity contribution in [2.24, 2.45) is 28.6 Å². The fourth-order valence-electron chi connectivity index (χ4n) is 7.50. The number of hydrogen-bond donors (Lipinski definition) is 2. The van der Waals surface area contributed by atoms with Crippen molar-refractivity contribution >= 4 is 0 Å². The van der Waals surface area contributed by atoms with E-state index < -0.39 is 0 Å². The molecule has 2 N–H and O–H groups in total. The second-order valence-electron chi connectivity index (χ2n) is 9.51. The number of hydrogen-bond acceptors (Lipinski definition) is 4. The Kier molecular flexibility index (Phi) is 2.77. The summed E-state index contributed by atoms with van der Waals surface area (Å²) >= 11 is 0. The van der Waals surface area contributed by atoms with Crippen molar-refractivity contribution in [2.45, 2.75) is 76.6 Å². The van der Waals surface area contributed by atoms with Crippen LogP contribution in [0.2, 0.25) is 0 Å². The standard InChI is InChI=1S/C20H27NO3/c1-18-7-6-14-12(13(18)3-4-15(18)22)5-8-20-17(24-20)16(23)11(10-21)9-19(14,20)2/h12-15,17,22-23H,3-9H2,1-2H3/t12-,13-,14-,15+,17-,18-,19+,20-/m0/s1. The summed E-state index contributed by atoms with van der Waals surface area (Å²) in [6, 6.07) is 2.23. The van der Waals surface area contributed by atoms with Gasteiger partial charge >= 0.3 is 0 Å². The van der Waals surface area contributed by atoms with Gasteiger partial charge in [-0.25, -0.2) is 0 Å². The number of ether oxygens (including phenoxy) is 1. The Morgan fingerprint density at radius 1 is 1.12 bits per heavy atom. The molecule has 24 heavy (non-hydrogen) atoms. The van der Waals surface area contributed by atoms with Crippen LogP contribution in [0.3, 0.4) is 0 Å². The lowest BCUT2D eigenvalue weighted by molar-refractivity contribution is -0.116. The van der Waals surface area contributed by atoms with E-state index in [0.717, 1.165) is 38.5 Å². The van der Waals surface area contributed by atoms with Crippen LogP contribution < -0.4 is 0 Å². The smallest absolute Gasteiger partial charge is 0.146 e. The highest BCUT2D eigenvalue weighted by molar-refractivity contribution is 5.41. The summed E-state index contributed by atoms with van der Waals surface area (Å²) in [5, 5.41) is 30.4. The molecule has 5 rings (SSSR count). The molecule has 1 saturated heterocycles. The maximum Gasteiger partial charge on any atom is 0.146 e. The number of nitrogens with zero attached hydrogens (tertiary/aromatic N) is 1. The molecule has 1 heterocycles. The number of epoxide rings is 1. The van der Waals surface area contributed by atoms with E-state index in [1.54, 1.807) is 0 Å². The van der Waals surface area contributed by atoms with E-state index in [1.807, 2.05) is 0 Å². The van der Waals surface area contributed by atoms with E-state index in [2.05, 4.69) is 19.9 Å². The summed E-state index contributed by atoms with van der Waals surface area (Å²) < 4.78 is 6.11. The topological polar surface area (TPSA) is 76.8 Å². The molecule has 1 spiro atoms. The molecule has 4 aliphatic carbocycles. The van der Waals surface area contributed by atoms with E-state index in [0.29, 0.717) is 29.7 Å². The van der Waals surface area contributed by atoms with Crippen LogP contribution in [0.4, 0.5) is 0 Å². The van der Waals surface area contributed by atoms with E-state index in [4.69, 9.17) is 4.74 Å². The fraction of sp³-hybridized carbons (Fsp3) is 0.850. The molecule has 0 aromatic carbocycles. The molecule has 8 atom stereocenters. The minimum Gasteiger partial charge on any atom is -0.508 e. The van der Waals surface area contributed by atoms with Crippen molar-refractivity contribution in [3.05, 3.63) is 11.3 Å². The molecule has 1 aliphatic heterocycles.